The number of halogens is 1. The summed E-state index contributed by atoms with van der Waals surface area (Å²) < 4.78 is 18.5. The molecule has 0 unspecified atom stereocenters. The predicted molar refractivity (Wildman–Crippen MR) is 75.0 cm³/mol. The molecule has 5 heteroatoms. The average Bonchev–Trinajstić information content (AvgIpc) is 2.45. The number of rotatable bonds is 4. The molecule has 2 rings (SSSR count). The van der Waals surface area contributed by atoms with Gasteiger partial charge in [0.25, 0.3) is 5.91 Å². The average molecular weight is 274 g/mol. The second-order valence-corrected chi connectivity index (χ2v) is 4.27. The molecule has 20 heavy (non-hydrogen) atoms. The largest absolute Gasteiger partial charge is 0.497 e. The van der Waals surface area contributed by atoms with Crippen LogP contribution in [0.1, 0.15) is 15.9 Å². The lowest BCUT2D eigenvalue weighted by Gasteiger charge is -2.08. The van der Waals surface area contributed by atoms with Crippen LogP contribution in [0, 0.1) is 5.82 Å². The third kappa shape index (κ3) is 3.26. The third-order valence-corrected chi connectivity index (χ3v) is 2.82. The molecular weight excluding hydrogens is 259 g/mol. The van der Waals surface area contributed by atoms with E-state index < -0.39 is 0 Å². The Balaban J connectivity index is 2.09. The lowest BCUT2D eigenvalue weighted by molar-refractivity contribution is 0.0950. The number of hydrogen-bond donors (Lipinski definition) is 2. The first-order valence-electron chi connectivity index (χ1n) is 6.06. The molecule has 2 aromatic rings. The van der Waals surface area contributed by atoms with E-state index in [1.54, 1.807) is 36.4 Å². The number of amides is 1. The number of hydrogen-bond acceptors (Lipinski definition) is 3. The second kappa shape index (κ2) is 6.06. The van der Waals surface area contributed by atoms with E-state index in [4.69, 9.17) is 10.5 Å². The molecule has 0 heterocycles. The maximum atomic E-state index is 13.4. The first-order chi connectivity index (χ1) is 9.60. The molecular formula is C15H15FN2O2. The zero-order chi connectivity index (χ0) is 14.5. The third-order valence-electron chi connectivity index (χ3n) is 2.82. The van der Waals surface area contributed by atoms with Crippen molar-refractivity contribution >= 4 is 11.6 Å². The Bertz CT molecular complexity index is 629. The number of ether oxygens (including phenoxy) is 1. The molecule has 0 saturated heterocycles. The van der Waals surface area contributed by atoms with Crippen LogP contribution in [0.3, 0.4) is 0 Å². The van der Waals surface area contributed by atoms with Crippen LogP contribution in [0.2, 0.25) is 0 Å². The van der Waals surface area contributed by atoms with Gasteiger partial charge >= 0.3 is 0 Å². The van der Waals surface area contributed by atoms with Crippen molar-refractivity contribution in [2.45, 2.75) is 6.54 Å². The number of nitrogens with two attached hydrogens (primary N) is 1. The minimum atomic E-state index is -0.349. The lowest BCUT2D eigenvalue weighted by atomic mass is 10.1. The second-order valence-electron chi connectivity index (χ2n) is 4.27. The van der Waals surface area contributed by atoms with Gasteiger partial charge in [0.15, 0.2) is 0 Å². The van der Waals surface area contributed by atoms with Crippen molar-refractivity contribution < 1.29 is 13.9 Å². The Kier molecular flexibility index (Phi) is 4.20. The highest BCUT2D eigenvalue weighted by molar-refractivity contribution is 5.95. The van der Waals surface area contributed by atoms with Crippen molar-refractivity contribution in [2.75, 3.05) is 12.8 Å². The zero-order valence-corrected chi connectivity index (χ0v) is 11.0. The monoisotopic (exact) mass is 274 g/mol. The van der Waals surface area contributed by atoms with Gasteiger partial charge in [0.2, 0.25) is 0 Å². The molecule has 0 aliphatic rings. The minimum absolute atomic E-state index is 0.114. The Morgan fingerprint density at radius 1 is 1.30 bits per heavy atom. The van der Waals surface area contributed by atoms with E-state index in [2.05, 4.69) is 5.32 Å². The smallest absolute Gasteiger partial charge is 0.251 e. The summed E-state index contributed by atoms with van der Waals surface area (Å²) in [4.78, 5) is 12.0. The van der Waals surface area contributed by atoms with Gasteiger partial charge in [-0.1, -0.05) is 18.2 Å². The number of nitrogens with one attached hydrogen (secondary N) is 1. The number of methoxy groups -OCH3 is 1. The minimum Gasteiger partial charge on any atom is -0.497 e. The first kappa shape index (κ1) is 13.9. The maximum absolute atomic E-state index is 13.4. The fourth-order valence-corrected chi connectivity index (χ4v) is 1.79. The zero-order valence-electron chi connectivity index (χ0n) is 11.0. The van der Waals surface area contributed by atoms with Crippen molar-refractivity contribution in [3.63, 3.8) is 0 Å². The standard InChI is InChI=1S/C15H15FN2O2/c1-20-13-7-11(6-12(17)8-13)15(19)18-9-10-4-2-3-5-14(10)16/h2-8H,9,17H2,1H3,(H,18,19). The van der Waals surface area contributed by atoms with Gasteiger partial charge in [-0.2, -0.15) is 0 Å². The van der Waals surface area contributed by atoms with Gasteiger partial charge < -0.3 is 15.8 Å². The van der Waals surface area contributed by atoms with E-state index >= 15 is 0 Å². The van der Waals surface area contributed by atoms with Crippen molar-refractivity contribution in [3.05, 3.63) is 59.4 Å². The molecule has 3 N–H and O–H groups in total. The fourth-order valence-electron chi connectivity index (χ4n) is 1.79. The van der Waals surface area contributed by atoms with E-state index in [-0.39, 0.29) is 18.3 Å². The van der Waals surface area contributed by atoms with Crippen molar-refractivity contribution in [1.29, 1.82) is 0 Å². The topological polar surface area (TPSA) is 64.3 Å². The summed E-state index contributed by atoms with van der Waals surface area (Å²) in [6, 6.07) is 11.0. The molecule has 0 bridgehead atoms. The van der Waals surface area contributed by atoms with Gasteiger partial charge in [-0.15, -0.1) is 0 Å². The number of anilines is 1. The van der Waals surface area contributed by atoms with Crippen LogP contribution in [-0.4, -0.2) is 13.0 Å². The molecule has 2 aromatic carbocycles. The highest BCUT2D eigenvalue weighted by Crippen LogP contribution is 2.18. The number of carbonyl (C=O) groups is 1. The summed E-state index contributed by atoms with van der Waals surface area (Å²) in [5.74, 6) is -0.183. The summed E-state index contributed by atoms with van der Waals surface area (Å²) in [7, 11) is 1.50. The summed E-state index contributed by atoms with van der Waals surface area (Å²) >= 11 is 0. The van der Waals surface area contributed by atoms with Gasteiger partial charge in [0.05, 0.1) is 7.11 Å². The number of nitrogen functional groups attached to an aromatic ring is 1. The first-order valence-corrected chi connectivity index (χ1v) is 6.06. The number of benzene rings is 2. The van der Waals surface area contributed by atoms with E-state index in [1.807, 2.05) is 0 Å². The van der Waals surface area contributed by atoms with Crippen LogP contribution in [0.4, 0.5) is 10.1 Å². The van der Waals surface area contributed by atoms with Gasteiger partial charge in [0, 0.05) is 29.4 Å². The van der Waals surface area contributed by atoms with Crippen LogP contribution in [0.15, 0.2) is 42.5 Å². The van der Waals surface area contributed by atoms with Crippen molar-refractivity contribution in [1.82, 2.24) is 5.32 Å². The van der Waals surface area contributed by atoms with Gasteiger partial charge in [-0.25, -0.2) is 4.39 Å². The molecule has 0 fully saturated rings. The fraction of sp³-hybridized carbons (Fsp3) is 0.133. The Morgan fingerprint density at radius 2 is 2.05 bits per heavy atom. The van der Waals surface area contributed by atoms with Gasteiger partial charge in [-0.05, 0) is 18.2 Å². The van der Waals surface area contributed by atoms with Crippen LogP contribution in [0.5, 0.6) is 5.75 Å². The van der Waals surface area contributed by atoms with E-state index in [9.17, 15) is 9.18 Å². The van der Waals surface area contributed by atoms with Crippen LogP contribution in [-0.2, 0) is 6.54 Å². The summed E-state index contributed by atoms with van der Waals surface area (Å²) in [5, 5.41) is 2.64. The molecule has 0 saturated carbocycles. The lowest BCUT2D eigenvalue weighted by Crippen LogP contribution is -2.23. The molecule has 0 aromatic heterocycles. The van der Waals surface area contributed by atoms with Gasteiger partial charge in [0.1, 0.15) is 11.6 Å². The molecule has 0 radical (unpaired) electrons. The number of carbonyl (C=O) groups excluding carboxylic acids is 1. The van der Waals surface area contributed by atoms with Crippen LogP contribution >= 0.6 is 0 Å². The highest BCUT2D eigenvalue weighted by atomic mass is 19.1. The summed E-state index contributed by atoms with van der Waals surface area (Å²) in [5.41, 5.74) is 6.92. The molecule has 1 amide bonds. The molecule has 0 aliphatic carbocycles. The SMILES string of the molecule is COc1cc(N)cc(C(=O)NCc2ccccc2F)c1. The van der Waals surface area contributed by atoms with Gasteiger partial charge in [-0.3, -0.25) is 4.79 Å². The summed E-state index contributed by atoms with van der Waals surface area (Å²) in [6.45, 7) is 0.114. The predicted octanol–water partition coefficient (Wildman–Crippen LogP) is 2.35. The van der Waals surface area contributed by atoms with Crippen LogP contribution in [0.25, 0.3) is 0 Å². The Labute approximate surface area is 116 Å². The molecule has 4 nitrogen and oxygen atoms in total. The van der Waals surface area contributed by atoms with Crippen molar-refractivity contribution in [2.24, 2.45) is 0 Å². The molecule has 0 aliphatic heterocycles. The highest BCUT2D eigenvalue weighted by Gasteiger charge is 2.09. The molecule has 104 valence electrons. The quantitative estimate of drug-likeness (QED) is 0.841. The summed E-state index contributed by atoms with van der Waals surface area (Å²) in [6.07, 6.45) is 0. The van der Waals surface area contributed by atoms with E-state index in [0.717, 1.165) is 0 Å². The molecule has 0 spiro atoms. The Hall–Kier alpha value is -2.56. The van der Waals surface area contributed by atoms with E-state index in [0.29, 0.717) is 22.6 Å². The van der Waals surface area contributed by atoms with Crippen LogP contribution < -0.4 is 15.8 Å². The maximum Gasteiger partial charge on any atom is 0.251 e. The Morgan fingerprint density at radius 3 is 2.75 bits per heavy atom. The normalized spacial score (nSPS) is 10.1. The van der Waals surface area contributed by atoms with E-state index in [1.165, 1.54) is 13.2 Å². The van der Waals surface area contributed by atoms with Crippen molar-refractivity contribution in [3.8, 4) is 5.75 Å². The molecule has 0 atom stereocenters.